The minimum absolute atomic E-state index is 0.362. The van der Waals surface area contributed by atoms with Crippen LogP contribution in [0.4, 0.5) is 11.6 Å². The summed E-state index contributed by atoms with van der Waals surface area (Å²) >= 11 is 0. The third kappa shape index (κ3) is 1.99. The standard InChI is InChI=1S/C15H16N4O5/c1-15(23)11(22)8(5-20)24-14(15)19-4-7-2-3-9(21)18-12-10(7)13(19)17-6-16-12/h2-4,6,8,11,14,20,22-23H,5H2,1H3,(H,16,17,18,21)/t8?,11-,14?,15+/m1/s1. The van der Waals surface area contributed by atoms with Crippen molar-refractivity contribution in [3.63, 3.8) is 0 Å². The van der Waals surface area contributed by atoms with Gasteiger partial charge in [0.05, 0.1) is 18.3 Å². The van der Waals surface area contributed by atoms with E-state index in [0.717, 1.165) is 0 Å². The molecule has 4 rings (SSSR count). The first kappa shape index (κ1) is 15.2. The summed E-state index contributed by atoms with van der Waals surface area (Å²) in [5.41, 5.74) is -2.01. The first-order chi connectivity index (χ1) is 11.4. The molecule has 0 radical (unpaired) electrons. The SMILES string of the molecule is C[C@@]1(O)C(n2cc3ccc(=O)nc4c3c2N=CN4)OC(CO)[C@H]1O. The largest absolute Gasteiger partial charge is 0.394 e. The number of hydrogen-bond donors (Lipinski definition) is 4. The summed E-state index contributed by atoms with van der Waals surface area (Å²) in [6, 6.07) is 2.95. The molecule has 4 heterocycles. The summed E-state index contributed by atoms with van der Waals surface area (Å²) in [6.45, 7) is 1.02. The van der Waals surface area contributed by atoms with Crippen LogP contribution in [0.25, 0.3) is 10.8 Å². The van der Waals surface area contributed by atoms with E-state index in [1.807, 2.05) is 0 Å². The first-order valence-electron chi connectivity index (χ1n) is 7.45. The maximum atomic E-state index is 11.6. The van der Waals surface area contributed by atoms with E-state index >= 15 is 0 Å². The Morgan fingerprint density at radius 3 is 2.96 bits per heavy atom. The molecule has 1 fully saturated rings. The smallest absolute Gasteiger partial charge is 0.271 e. The van der Waals surface area contributed by atoms with Crippen LogP contribution in [0.2, 0.25) is 0 Å². The molecule has 1 saturated heterocycles. The molecule has 2 unspecified atom stereocenters. The zero-order valence-corrected chi connectivity index (χ0v) is 12.7. The molecule has 2 aliphatic rings. The number of aliphatic imine (C=N–C) groups is 1. The van der Waals surface area contributed by atoms with Gasteiger partial charge in [0.25, 0.3) is 5.56 Å². The van der Waals surface area contributed by atoms with Gasteiger partial charge in [0.15, 0.2) is 6.23 Å². The van der Waals surface area contributed by atoms with Gasteiger partial charge in [-0.25, -0.2) is 4.99 Å². The number of nitrogens with zero attached hydrogens (tertiary/aromatic N) is 3. The van der Waals surface area contributed by atoms with Crippen LogP contribution in [0.5, 0.6) is 0 Å². The zero-order chi connectivity index (χ0) is 17.1. The lowest BCUT2D eigenvalue weighted by Gasteiger charge is -2.28. The van der Waals surface area contributed by atoms with Gasteiger partial charge in [-0.3, -0.25) is 4.79 Å². The minimum Gasteiger partial charge on any atom is -0.394 e. The Morgan fingerprint density at radius 1 is 1.46 bits per heavy atom. The Balaban J connectivity index is 1.94. The number of rotatable bonds is 2. The molecule has 2 aliphatic heterocycles. The van der Waals surface area contributed by atoms with Crippen LogP contribution in [-0.2, 0) is 4.74 Å². The number of hydrogen-bond acceptors (Lipinski definition) is 8. The molecule has 0 spiro atoms. The summed E-state index contributed by atoms with van der Waals surface area (Å²) in [7, 11) is 0. The van der Waals surface area contributed by atoms with Gasteiger partial charge in [-0.05, 0) is 13.0 Å². The molecule has 2 aromatic rings. The molecule has 24 heavy (non-hydrogen) atoms. The van der Waals surface area contributed by atoms with Crippen molar-refractivity contribution in [1.29, 1.82) is 0 Å². The topological polar surface area (TPSA) is 129 Å². The van der Waals surface area contributed by atoms with Crippen LogP contribution in [0.15, 0.2) is 28.1 Å². The second-order valence-electron chi connectivity index (χ2n) is 6.10. The number of aromatic nitrogens is 2. The predicted octanol–water partition coefficient (Wildman–Crippen LogP) is -0.517. The van der Waals surface area contributed by atoms with Gasteiger partial charge in [0.1, 0.15) is 29.4 Å². The van der Waals surface area contributed by atoms with E-state index < -0.39 is 30.6 Å². The monoisotopic (exact) mass is 332 g/mol. The lowest BCUT2D eigenvalue weighted by molar-refractivity contribution is -0.0955. The molecule has 0 saturated carbocycles. The second kappa shape index (κ2) is 5.08. The first-order valence-corrected chi connectivity index (χ1v) is 7.45. The average Bonchev–Trinajstić information content (AvgIpc) is 2.95. The molecule has 9 heteroatoms. The van der Waals surface area contributed by atoms with Crippen molar-refractivity contribution in [3.05, 3.63) is 28.7 Å². The van der Waals surface area contributed by atoms with Gasteiger partial charge in [0, 0.05) is 17.6 Å². The Kier molecular flexibility index (Phi) is 3.22. The highest BCUT2D eigenvalue weighted by Gasteiger charge is 2.53. The summed E-state index contributed by atoms with van der Waals surface area (Å²) in [4.78, 5) is 19.8. The van der Waals surface area contributed by atoms with Crippen molar-refractivity contribution in [1.82, 2.24) is 9.55 Å². The van der Waals surface area contributed by atoms with Crippen LogP contribution in [0, 0.1) is 0 Å². The lowest BCUT2D eigenvalue weighted by atomic mass is 9.96. The van der Waals surface area contributed by atoms with E-state index in [4.69, 9.17) is 4.74 Å². The van der Waals surface area contributed by atoms with Gasteiger partial charge >= 0.3 is 0 Å². The molecule has 4 N–H and O–H groups in total. The van der Waals surface area contributed by atoms with E-state index in [9.17, 15) is 20.1 Å². The average molecular weight is 332 g/mol. The highest BCUT2D eigenvalue weighted by atomic mass is 16.6. The fourth-order valence-corrected chi connectivity index (χ4v) is 3.23. The highest BCUT2D eigenvalue weighted by Crippen LogP contribution is 2.44. The van der Waals surface area contributed by atoms with Crippen molar-refractivity contribution < 1.29 is 20.1 Å². The van der Waals surface area contributed by atoms with E-state index in [-0.39, 0.29) is 5.56 Å². The molecule has 0 aromatic carbocycles. The third-order valence-corrected chi connectivity index (χ3v) is 4.47. The molecule has 0 aliphatic carbocycles. The number of anilines is 1. The summed E-state index contributed by atoms with van der Waals surface area (Å²) in [6.07, 6.45) is -0.0464. The van der Waals surface area contributed by atoms with Crippen molar-refractivity contribution in [2.45, 2.75) is 31.0 Å². The molecule has 126 valence electrons. The van der Waals surface area contributed by atoms with Crippen molar-refractivity contribution in [2.75, 3.05) is 11.9 Å². The highest BCUT2D eigenvalue weighted by molar-refractivity contribution is 6.06. The van der Waals surface area contributed by atoms with Gasteiger partial charge < -0.3 is 29.9 Å². The molecule has 9 nitrogen and oxygen atoms in total. The molecule has 0 amide bonds. The summed E-state index contributed by atoms with van der Waals surface area (Å²) < 4.78 is 7.22. The Labute approximate surface area is 135 Å². The third-order valence-electron chi connectivity index (χ3n) is 4.47. The Hall–Kier alpha value is -2.33. The number of aliphatic hydroxyl groups excluding tert-OH is 2. The van der Waals surface area contributed by atoms with Crippen LogP contribution < -0.4 is 10.9 Å². The zero-order valence-electron chi connectivity index (χ0n) is 12.7. The number of nitrogens with one attached hydrogen (secondary N) is 1. The minimum atomic E-state index is -1.63. The van der Waals surface area contributed by atoms with Gasteiger partial charge in [-0.15, -0.1) is 0 Å². The summed E-state index contributed by atoms with van der Waals surface area (Å²) in [5.74, 6) is 0.804. The number of aliphatic hydroxyl groups is 3. The predicted molar refractivity (Wildman–Crippen MR) is 85.4 cm³/mol. The van der Waals surface area contributed by atoms with Crippen molar-refractivity contribution in [3.8, 4) is 0 Å². The molecule has 0 bridgehead atoms. The normalized spacial score (nSPS) is 31.4. The van der Waals surface area contributed by atoms with Gasteiger partial charge in [-0.2, -0.15) is 4.98 Å². The quantitative estimate of drug-likeness (QED) is 0.582. The van der Waals surface area contributed by atoms with E-state index in [0.29, 0.717) is 22.4 Å². The Bertz CT molecular complexity index is 907. The van der Waals surface area contributed by atoms with E-state index in [2.05, 4.69) is 15.3 Å². The van der Waals surface area contributed by atoms with E-state index in [1.165, 1.54) is 19.3 Å². The van der Waals surface area contributed by atoms with Gasteiger partial charge in [0.2, 0.25) is 0 Å². The fourth-order valence-electron chi connectivity index (χ4n) is 3.23. The van der Waals surface area contributed by atoms with Crippen LogP contribution in [0.1, 0.15) is 13.2 Å². The van der Waals surface area contributed by atoms with E-state index in [1.54, 1.807) is 16.8 Å². The molecular formula is C15H16N4O5. The summed E-state index contributed by atoms with van der Waals surface area (Å²) in [5, 5.41) is 34.3. The second-order valence-corrected chi connectivity index (χ2v) is 6.10. The van der Waals surface area contributed by atoms with Gasteiger partial charge in [-0.1, -0.05) is 0 Å². The van der Waals surface area contributed by atoms with Crippen molar-refractivity contribution >= 4 is 28.7 Å². The maximum absolute atomic E-state index is 11.6. The Morgan fingerprint density at radius 2 is 2.25 bits per heavy atom. The lowest BCUT2D eigenvalue weighted by Crippen LogP contribution is -2.44. The number of ether oxygens (including phenoxy) is 1. The maximum Gasteiger partial charge on any atom is 0.271 e. The molecular weight excluding hydrogens is 316 g/mol. The molecule has 4 atom stereocenters. The van der Waals surface area contributed by atoms with Crippen LogP contribution in [-0.4, -0.2) is 55.6 Å². The molecule has 2 aromatic heterocycles. The fraction of sp³-hybridized carbons (Fsp3) is 0.400. The van der Waals surface area contributed by atoms with Crippen molar-refractivity contribution in [2.24, 2.45) is 4.99 Å². The van der Waals surface area contributed by atoms with Crippen LogP contribution in [0.3, 0.4) is 0 Å². The van der Waals surface area contributed by atoms with Crippen LogP contribution >= 0.6 is 0 Å².